The summed E-state index contributed by atoms with van der Waals surface area (Å²) >= 11 is 6.28. The van der Waals surface area contributed by atoms with Crippen molar-refractivity contribution in [3.05, 3.63) is 5.28 Å². The standard InChI is InChI=1S/C21H34ClN5O9P2/c1-23-14-17(24-20(22)25-18(14)27-9-7-21(8-10-27)5-3-4-6-21)26(2)19-16(29)15(28)13(36-19)11-35-38(33,34)12-37(30,31)32/h13,15-16,19,28-29H,1,3-12H2,2H3,(H,33,34)(H2,30,31,32)/t13-,15+,16+,19-/m1/s1. The molecular weight excluding hydrogens is 564 g/mol. The van der Waals surface area contributed by atoms with E-state index in [1.807, 2.05) is 0 Å². The fourth-order valence-electron chi connectivity index (χ4n) is 5.60. The minimum atomic E-state index is -4.83. The number of hydrogen-bond acceptors (Lipinski definition) is 11. The van der Waals surface area contributed by atoms with E-state index in [4.69, 9.17) is 30.6 Å². The zero-order valence-corrected chi connectivity index (χ0v) is 23.5. The Morgan fingerprint density at radius 2 is 1.79 bits per heavy atom. The van der Waals surface area contributed by atoms with Crippen LogP contribution < -0.4 is 9.80 Å². The van der Waals surface area contributed by atoms with E-state index < -0.39 is 52.2 Å². The van der Waals surface area contributed by atoms with Crippen LogP contribution in [0.15, 0.2) is 4.99 Å². The summed E-state index contributed by atoms with van der Waals surface area (Å²) in [5.41, 5.74) is 0.707. The van der Waals surface area contributed by atoms with Crippen molar-refractivity contribution in [2.24, 2.45) is 10.4 Å². The van der Waals surface area contributed by atoms with Crippen molar-refractivity contribution in [1.29, 1.82) is 0 Å². The maximum atomic E-state index is 12.0. The number of aromatic nitrogens is 2. The first-order chi connectivity index (χ1) is 17.7. The summed E-state index contributed by atoms with van der Waals surface area (Å²) in [5.74, 6) is -0.687. The first-order valence-electron chi connectivity index (χ1n) is 12.3. The zero-order chi connectivity index (χ0) is 27.9. The van der Waals surface area contributed by atoms with Crippen LogP contribution in [0.25, 0.3) is 0 Å². The lowest BCUT2D eigenvalue weighted by Gasteiger charge is -2.40. The maximum Gasteiger partial charge on any atom is 0.340 e. The molecule has 1 spiro atoms. The molecule has 5 atom stereocenters. The van der Waals surface area contributed by atoms with Crippen molar-refractivity contribution < 1.29 is 43.3 Å². The fourth-order valence-corrected chi connectivity index (χ4v) is 8.33. The van der Waals surface area contributed by atoms with Gasteiger partial charge in [-0.15, -0.1) is 0 Å². The van der Waals surface area contributed by atoms with Crippen molar-refractivity contribution in [2.75, 3.05) is 42.4 Å². The number of aliphatic hydroxyl groups excluding tert-OH is 2. The van der Waals surface area contributed by atoms with Crippen LogP contribution in [-0.2, 0) is 18.4 Å². The number of aliphatic hydroxyl groups is 2. The Kier molecular flexibility index (Phi) is 8.91. The Hall–Kier alpha value is -1.18. The summed E-state index contributed by atoms with van der Waals surface area (Å²) in [6.07, 6.45) is 1.54. The van der Waals surface area contributed by atoms with Crippen molar-refractivity contribution in [1.82, 2.24) is 9.97 Å². The van der Waals surface area contributed by atoms with Crippen LogP contribution in [0.5, 0.6) is 0 Å². The van der Waals surface area contributed by atoms with E-state index in [-0.39, 0.29) is 11.1 Å². The largest absolute Gasteiger partial charge is 0.387 e. The minimum absolute atomic E-state index is 0.0537. The third-order valence-electron chi connectivity index (χ3n) is 7.62. The van der Waals surface area contributed by atoms with Gasteiger partial charge in [0.05, 0.1) is 6.61 Å². The highest BCUT2D eigenvalue weighted by Crippen LogP contribution is 2.55. The van der Waals surface area contributed by atoms with Crippen LogP contribution in [0, 0.1) is 5.41 Å². The zero-order valence-electron chi connectivity index (χ0n) is 21.0. The Bertz CT molecular complexity index is 1120. The lowest BCUT2D eigenvalue weighted by Crippen LogP contribution is -2.43. The molecule has 1 aromatic rings. The van der Waals surface area contributed by atoms with Gasteiger partial charge >= 0.3 is 15.2 Å². The Morgan fingerprint density at radius 1 is 1.16 bits per heavy atom. The first-order valence-corrected chi connectivity index (χ1v) is 16.2. The Balaban J connectivity index is 1.50. The molecule has 3 aliphatic rings. The predicted octanol–water partition coefficient (Wildman–Crippen LogP) is 1.84. The van der Waals surface area contributed by atoms with Crippen LogP contribution in [0.4, 0.5) is 17.3 Å². The lowest BCUT2D eigenvalue weighted by molar-refractivity contribution is -0.0172. The van der Waals surface area contributed by atoms with Gasteiger partial charge in [-0.3, -0.25) is 14.1 Å². The molecule has 3 fully saturated rings. The highest BCUT2D eigenvalue weighted by Gasteiger charge is 2.47. The summed E-state index contributed by atoms with van der Waals surface area (Å²) in [5, 5.41) is 21.1. The summed E-state index contributed by atoms with van der Waals surface area (Å²) < 4.78 is 33.5. The van der Waals surface area contributed by atoms with E-state index in [2.05, 4.69) is 26.6 Å². The first kappa shape index (κ1) is 29.8. The molecule has 1 aliphatic carbocycles. The molecule has 1 unspecified atom stereocenters. The average Bonchev–Trinajstić information content (AvgIpc) is 3.40. The molecule has 2 aliphatic heterocycles. The third kappa shape index (κ3) is 6.58. The number of rotatable bonds is 9. The molecule has 5 N–H and O–H groups in total. The normalized spacial score (nSPS) is 29.0. The van der Waals surface area contributed by atoms with Crippen molar-refractivity contribution in [2.45, 2.75) is 63.1 Å². The maximum absolute atomic E-state index is 12.0. The number of aliphatic imine (C=N–C) groups is 1. The summed E-state index contributed by atoms with van der Waals surface area (Å²) in [6, 6.07) is 0. The molecule has 4 rings (SSSR count). The molecule has 1 aromatic heterocycles. The molecule has 3 heterocycles. The molecule has 1 saturated carbocycles. The smallest absolute Gasteiger partial charge is 0.340 e. The molecule has 0 aromatic carbocycles. The summed E-state index contributed by atoms with van der Waals surface area (Å²) in [6.45, 7) is 4.52. The number of nitrogens with zero attached hydrogens (tertiary/aromatic N) is 5. The van der Waals surface area contributed by atoms with Gasteiger partial charge in [-0.2, -0.15) is 9.97 Å². The number of anilines is 2. The van der Waals surface area contributed by atoms with E-state index in [1.54, 1.807) is 0 Å². The van der Waals surface area contributed by atoms with Gasteiger partial charge in [0.15, 0.2) is 23.8 Å². The third-order valence-corrected chi connectivity index (χ3v) is 11.2. The second-order valence-electron chi connectivity index (χ2n) is 10.2. The van der Waals surface area contributed by atoms with Crippen LogP contribution in [0.3, 0.4) is 0 Å². The van der Waals surface area contributed by atoms with Gasteiger partial charge < -0.3 is 44.0 Å². The molecule has 14 nitrogen and oxygen atoms in total. The van der Waals surface area contributed by atoms with Gasteiger partial charge in [0.25, 0.3) is 0 Å². The highest BCUT2D eigenvalue weighted by molar-refractivity contribution is 7.70. The van der Waals surface area contributed by atoms with Crippen LogP contribution >= 0.6 is 26.8 Å². The van der Waals surface area contributed by atoms with Gasteiger partial charge in [0.2, 0.25) is 5.28 Å². The number of piperidine rings is 1. The van der Waals surface area contributed by atoms with Gasteiger partial charge in [-0.1, -0.05) is 12.8 Å². The minimum Gasteiger partial charge on any atom is -0.387 e. The summed E-state index contributed by atoms with van der Waals surface area (Å²) in [4.78, 5) is 43.9. The van der Waals surface area contributed by atoms with Gasteiger partial charge in [-0.25, -0.2) is 0 Å². The van der Waals surface area contributed by atoms with Crippen molar-refractivity contribution in [3.63, 3.8) is 0 Å². The van der Waals surface area contributed by atoms with E-state index in [1.165, 1.54) is 37.6 Å². The monoisotopic (exact) mass is 597 g/mol. The predicted molar refractivity (Wildman–Crippen MR) is 140 cm³/mol. The SMILES string of the molecule is C=Nc1c(N2CCC3(CCCC3)CC2)nc(Cl)nc1N(C)[C@@H]1O[C@H](COP(=O)(O)CP(=O)(O)O)[C@H](O)[C@@H]1O. The van der Waals surface area contributed by atoms with Crippen molar-refractivity contribution >= 4 is 50.8 Å². The molecule has 214 valence electrons. The second kappa shape index (κ2) is 11.4. The second-order valence-corrected chi connectivity index (χ2v) is 14.6. The number of halogens is 1. The Labute approximate surface area is 225 Å². The van der Waals surface area contributed by atoms with E-state index in [0.717, 1.165) is 25.9 Å². The molecule has 2 saturated heterocycles. The molecule has 0 bridgehead atoms. The van der Waals surface area contributed by atoms with Crippen LogP contribution in [-0.4, -0.2) is 98.8 Å². The molecular formula is C21H34ClN5O9P2. The topological polar surface area (TPSA) is 198 Å². The molecule has 38 heavy (non-hydrogen) atoms. The molecule has 17 heteroatoms. The average molecular weight is 598 g/mol. The molecule has 0 amide bonds. The fraction of sp³-hybridized carbons (Fsp3) is 0.762. The van der Waals surface area contributed by atoms with Gasteiger partial charge in [0, 0.05) is 20.1 Å². The highest BCUT2D eigenvalue weighted by atomic mass is 35.5. The van der Waals surface area contributed by atoms with Gasteiger partial charge in [-0.05, 0) is 49.4 Å². The number of ether oxygens (including phenoxy) is 1. The quantitative estimate of drug-likeness (QED) is 0.157. The van der Waals surface area contributed by atoms with Crippen LogP contribution in [0.2, 0.25) is 5.28 Å². The Morgan fingerprint density at radius 3 is 2.37 bits per heavy atom. The van der Waals surface area contributed by atoms with E-state index >= 15 is 0 Å². The van der Waals surface area contributed by atoms with E-state index in [0.29, 0.717) is 16.9 Å². The van der Waals surface area contributed by atoms with Crippen LogP contribution in [0.1, 0.15) is 38.5 Å². The lowest BCUT2D eigenvalue weighted by atomic mass is 9.77. The van der Waals surface area contributed by atoms with Crippen molar-refractivity contribution in [3.8, 4) is 0 Å². The van der Waals surface area contributed by atoms with E-state index in [9.17, 15) is 24.2 Å². The van der Waals surface area contributed by atoms with Gasteiger partial charge in [0.1, 0.15) is 24.0 Å². The number of likely N-dealkylation sites (N-methyl/N-ethyl adjacent to an activating group) is 1. The molecule has 0 radical (unpaired) electrons. The number of hydrogen-bond donors (Lipinski definition) is 5. The summed E-state index contributed by atoms with van der Waals surface area (Å²) in [7, 11) is -7.97.